The van der Waals surface area contributed by atoms with Gasteiger partial charge in [-0.1, -0.05) is 18.2 Å². The molecule has 0 bridgehead atoms. The number of nitrogens with zero attached hydrogens (tertiary/aromatic N) is 3. The number of carbonyl (C=O) groups is 2. The second kappa shape index (κ2) is 7.20. The van der Waals surface area contributed by atoms with E-state index in [1.165, 1.54) is 11.3 Å². The molecule has 0 spiro atoms. The van der Waals surface area contributed by atoms with Gasteiger partial charge in [0.2, 0.25) is 0 Å². The van der Waals surface area contributed by atoms with Crippen LogP contribution >= 0.6 is 11.3 Å². The largest absolute Gasteiger partial charge is 0.463 e. The van der Waals surface area contributed by atoms with Gasteiger partial charge in [-0.3, -0.25) is 9.63 Å². The van der Waals surface area contributed by atoms with Gasteiger partial charge in [-0.15, -0.1) is 11.3 Å². The maximum Gasteiger partial charge on any atom is 0.431 e. The number of hydrogen-bond acceptors (Lipinski definition) is 5. The van der Waals surface area contributed by atoms with Crippen LogP contribution in [-0.2, 0) is 4.84 Å². The van der Waals surface area contributed by atoms with Crippen molar-refractivity contribution in [2.24, 2.45) is 0 Å². The van der Waals surface area contributed by atoms with Crippen LogP contribution in [0.2, 0.25) is 0 Å². The molecular formula is C17H19N3O4S. The molecule has 1 aliphatic heterocycles. The highest BCUT2D eigenvalue weighted by atomic mass is 32.1. The molecule has 1 N–H and O–H groups in total. The fraction of sp³-hybridized carbons (Fsp3) is 0.353. The molecule has 8 heteroatoms. The first-order valence-electron chi connectivity index (χ1n) is 7.94. The van der Waals surface area contributed by atoms with Crippen molar-refractivity contribution in [3.8, 4) is 10.6 Å². The van der Waals surface area contributed by atoms with Crippen LogP contribution in [0.4, 0.5) is 4.79 Å². The van der Waals surface area contributed by atoms with Crippen LogP contribution < -0.4 is 0 Å². The molecule has 2 atom stereocenters. The zero-order chi connectivity index (χ0) is 18.0. The first-order chi connectivity index (χ1) is 12.0. The van der Waals surface area contributed by atoms with Gasteiger partial charge in [0.05, 0.1) is 19.2 Å². The van der Waals surface area contributed by atoms with Gasteiger partial charge < -0.3 is 10.0 Å². The summed E-state index contributed by atoms with van der Waals surface area (Å²) in [4.78, 5) is 35.7. The fourth-order valence-electron chi connectivity index (χ4n) is 2.98. The van der Waals surface area contributed by atoms with E-state index in [-0.39, 0.29) is 31.1 Å². The molecule has 3 rings (SSSR count). The molecule has 2 heterocycles. The van der Waals surface area contributed by atoms with Crippen molar-refractivity contribution < 1.29 is 19.5 Å². The Balaban J connectivity index is 1.94. The maximum absolute atomic E-state index is 13.2. The molecule has 1 aliphatic rings. The minimum absolute atomic E-state index is 0.102. The highest BCUT2D eigenvalue weighted by Crippen LogP contribution is 2.28. The molecule has 2 aromatic rings. The molecule has 25 heavy (non-hydrogen) atoms. The van der Waals surface area contributed by atoms with Gasteiger partial charge in [0.15, 0.2) is 0 Å². The molecular weight excluding hydrogens is 342 g/mol. The average Bonchev–Trinajstić information content (AvgIpc) is 3.07. The lowest BCUT2D eigenvalue weighted by Crippen LogP contribution is -2.47. The Labute approximate surface area is 149 Å². The molecule has 0 unspecified atom stereocenters. The van der Waals surface area contributed by atoms with E-state index in [4.69, 9.17) is 9.94 Å². The SMILES string of the molecule is C[C@@H]1CON(C(=O)O)C[C@H](C)N1C(=O)c1ccccc1-c1nccs1. The lowest BCUT2D eigenvalue weighted by atomic mass is 10.0. The minimum Gasteiger partial charge on any atom is -0.463 e. The van der Waals surface area contributed by atoms with Crippen molar-refractivity contribution in [3.63, 3.8) is 0 Å². The van der Waals surface area contributed by atoms with E-state index in [2.05, 4.69) is 4.98 Å². The van der Waals surface area contributed by atoms with Crippen LogP contribution in [0, 0.1) is 0 Å². The van der Waals surface area contributed by atoms with E-state index in [0.29, 0.717) is 5.56 Å². The lowest BCUT2D eigenvalue weighted by molar-refractivity contribution is -0.126. The Bertz CT molecular complexity index is 765. The number of hydrogen-bond donors (Lipinski definition) is 1. The van der Waals surface area contributed by atoms with Crippen molar-refractivity contribution >= 4 is 23.3 Å². The molecule has 1 fully saturated rings. The van der Waals surface area contributed by atoms with E-state index in [9.17, 15) is 9.59 Å². The minimum atomic E-state index is -1.16. The summed E-state index contributed by atoms with van der Waals surface area (Å²) in [5.41, 5.74) is 1.34. The fourth-order valence-corrected chi connectivity index (χ4v) is 3.66. The first-order valence-corrected chi connectivity index (χ1v) is 8.82. The summed E-state index contributed by atoms with van der Waals surface area (Å²) >= 11 is 1.47. The summed E-state index contributed by atoms with van der Waals surface area (Å²) in [6.07, 6.45) is 0.549. The summed E-state index contributed by atoms with van der Waals surface area (Å²) < 4.78 is 0. The maximum atomic E-state index is 13.2. The quantitative estimate of drug-likeness (QED) is 0.889. The average molecular weight is 361 g/mol. The first kappa shape index (κ1) is 17.4. The molecule has 132 valence electrons. The highest BCUT2D eigenvalue weighted by Gasteiger charge is 2.34. The summed E-state index contributed by atoms with van der Waals surface area (Å²) in [5.74, 6) is -0.151. The second-order valence-corrected chi connectivity index (χ2v) is 6.83. The smallest absolute Gasteiger partial charge is 0.431 e. The van der Waals surface area contributed by atoms with Crippen LogP contribution in [0.3, 0.4) is 0 Å². The van der Waals surface area contributed by atoms with Gasteiger partial charge >= 0.3 is 6.09 Å². The number of aromatic nitrogens is 1. The Morgan fingerprint density at radius 2 is 2.04 bits per heavy atom. The van der Waals surface area contributed by atoms with E-state index in [1.54, 1.807) is 17.2 Å². The predicted molar refractivity (Wildman–Crippen MR) is 93.3 cm³/mol. The van der Waals surface area contributed by atoms with Gasteiger partial charge in [-0.05, 0) is 19.9 Å². The van der Waals surface area contributed by atoms with Crippen molar-refractivity contribution in [3.05, 3.63) is 41.4 Å². The van der Waals surface area contributed by atoms with E-state index >= 15 is 0 Å². The van der Waals surface area contributed by atoms with E-state index in [0.717, 1.165) is 15.6 Å². The van der Waals surface area contributed by atoms with Gasteiger partial charge in [-0.2, -0.15) is 5.06 Å². The van der Waals surface area contributed by atoms with Gasteiger partial charge in [0, 0.05) is 28.7 Å². The summed E-state index contributed by atoms with van der Waals surface area (Å²) in [6, 6.07) is 6.77. The van der Waals surface area contributed by atoms with E-state index in [1.807, 2.05) is 37.4 Å². The van der Waals surface area contributed by atoms with Gasteiger partial charge in [0.1, 0.15) is 5.01 Å². The van der Waals surface area contributed by atoms with E-state index < -0.39 is 6.09 Å². The Morgan fingerprint density at radius 1 is 1.28 bits per heavy atom. The van der Waals surface area contributed by atoms with Gasteiger partial charge in [-0.25, -0.2) is 9.78 Å². The number of hydroxylamine groups is 2. The summed E-state index contributed by atoms with van der Waals surface area (Å²) in [5, 5.41) is 12.7. The zero-order valence-electron chi connectivity index (χ0n) is 14.0. The molecule has 2 amide bonds. The third kappa shape index (κ3) is 3.49. The number of thiazole rings is 1. The molecule has 1 aromatic heterocycles. The monoisotopic (exact) mass is 361 g/mol. The van der Waals surface area contributed by atoms with Crippen LogP contribution in [0.15, 0.2) is 35.8 Å². The molecule has 0 radical (unpaired) electrons. The van der Waals surface area contributed by atoms with Crippen LogP contribution in [0.25, 0.3) is 10.6 Å². The zero-order valence-corrected chi connectivity index (χ0v) is 14.8. The van der Waals surface area contributed by atoms with Crippen molar-refractivity contribution in [2.45, 2.75) is 25.9 Å². The molecule has 0 saturated carbocycles. The Hall–Kier alpha value is -2.45. The standard InChI is InChI=1S/C17H19N3O4S/c1-11-9-19(17(22)23)24-10-12(2)20(11)16(21)14-6-4-3-5-13(14)15-18-7-8-25-15/h3-8,11-12H,9-10H2,1-2H3,(H,22,23)/t11-,12+/m0/s1. The van der Waals surface area contributed by atoms with Crippen LogP contribution in [0.1, 0.15) is 24.2 Å². The second-order valence-electron chi connectivity index (χ2n) is 5.93. The third-order valence-corrected chi connectivity index (χ3v) is 4.93. The molecule has 7 nitrogen and oxygen atoms in total. The van der Waals surface area contributed by atoms with Crippen LogP contribution in [0.5, 0.6) is 0 Å². The molecule has 1 saturated heterocycles. The van der Waals surface area contributed by atoms with Crippen molar-refractivity contribution in [1.82, 2.24) is 14.9 Å². The van der Waals surface area contributed by atoms with Crippen molar-refractivity contribution in [1.29, 1.82) is 0 Å². The number of carbonyl (C=O) groups excluding carboxylic acids is 1. The third-order valence-electron chi connectivity index (χ3n) is 4.12. The predicted octanol–water partition coefficient (Wildman–Crippen LogP) is 2.95. The summed E-state index contributed by atoms with van der Waals surface area (Å²) in [6.45, 7) is 3.91. The number of rotatable bonds is 2. The summed E-state index contributed by atoms with van der Waals surface area (Å²) in [7, 11) is 0. The topological polar surface area (TPSA) is 83.0 Å². The molecule has 1 aromatic carbocycles. The Morgan fingerprint density at radius 3 is 2.72 bits per heavy atom. The van der Waals surface area contributed by atoms with Crippen molar-refractivity contribution in [2.75, 3.05) is 13.2 Å². The normalized spacial score (nSPS) is 21.0. The Kier molecular flexibility index (Phi) is 5.00. The van der Waals surface area contributed by atoms with Gasteiger partial charge in [0.25, 0.3) is 5.91 Å². The number of benzene rings is 1. The highest BCUT2D eigenvalue weighted by molar-refractivity contribution is 7.13. The molecule has 0 aliphatic carbocycles. The number of carboxylic acid groups (broad SMARTS) is 1. The lowest BCUT2D eigenvalue weighted by Gasteiger charge is -2.32. The number of amides is 2. The van der Waals surface area contributed by atoms with Crippen LogP contribution in [-0.4, -0.2) is 57.3 Å².